The van der Waals surface area contributed by atoms with E-state index < -0.39 is 17.8 Å². The van der Waals surface area contributed by atoms with Crippen molar-refractivity contribution in [3.8, 4) is 0 Å². The summed E-state index contributed by atoms with van der Waals surface area (Å²) < 4.78 is 11.2. The number of rotatable bonds is 1. The Bertz CT molecular complexity index is 423. The van der Waals surface area contributed by atoms with Crippen molar-refractivity contribution in [1.29, 1.82) is 0 Å². The van der Waals surface area contributed by atoms with E-state index in [9.17, 15) is 10.2 Å². The first-order chi connectivity index (χ1) is 9.37. The van der Waals surface area contributed by atoms with Crippen LogP contribution >= 0.6 is 0 Å². The zero-order valence-electron chi connectivity index (χ0n) is 12.6. The summed E-state index contributed by atoms with van der Waals surface area (Å²) in [5.74, 6) is 0.559. The van der Waals surface area contributed by atoms with Crippen LogP contribution in [0.5, 0.6) is 0 Å². The number of aliphatic hydroxyl groups is 2. The molecule has 0 aromatic rings. The summed E-state index contributed by atoms with van der Waals surface area (Å²) in [4.78, 5) is 0. The van der Waals surface area contributed by atoms with E-state index in [2.05, 4.69) is 20.4 Å². The molecule has 1 saturated heterocycles. The summed E-state index contributed by atoms with van der Waals surface area (Å²) in [7, 11) is 1.63. The molecule has 0 aromatic heterocycles. The van der Waals surface area contributed by atoms with Crippen molar-refractivity contribution in [3.05, 3.63) is 12.2 Å². The third kappa shape index (κ3) is 1.56. The quantitative estimate of drug-likeness (QED) is 0.719. The van der Waals surface area contributed by atoms with E-state index in [0.29, 0.717) is 6.61 Å². The fourth-order valence-corrected chi connectivity index (χ4v) is 5.08. The maximum absolute atomic E-state index is 11.2. The molecule has 0 radical (unpaired) electrons. The molecule has 1 heterocycles. The van der Waals surface area contributed by atoms with Gasteiger partial charge in [-0.05, 0) is 36.7 Å². The van der Waals surface area contributed by atoms with Gasteiger partial charge in [-0.25, -0.2) is 0 Å². The molecule has 114 valence electrons. The van der Waals surface area contributed by atoms with Crippen molar-refractivity contribution in [2.24, 2.45) is 22.7 Å². The molecule has 3 aliphatic rings. The second-order valence-electron chi connectivity index (χ2n) is 7.22. The van der Waals surface area contributed by atoms with Gasteiger partial charge in [0, 0.05) is 12.5 Å². The lowest BCUT2D eigenvalue weighted by molar-refractivity contribution is -0.175. The predicted molar refractivity (Wildman–Crippen MR) is 74.9 cm³/mol. The number of fused-ring (bicyclic) bond motifs is 1. The zero-order valence-corrected chi connectivity index (χ0v) is 12.6. The van der Waals surface area contributed by atoms with Crippen LogP contribution in [0, 0.1) is 22.7 Å². The maximum atomic E-state index is 11.2. The van der Waals surface area contributed by atoms with Gasteiger partial charge in [0.05, 0.1) is 24.2 Å². The van der Waals surface area contributed by atoms with Crippen molar-refractivity contribution in [3.63, 3.8) is 0 Å². The van der Waals surface area contributed by atoms with E-state index in [1.54, 1.807) is 7.11 Å². The largest absolute Gasteiger partial charge is 0.393 e. The number of aliphatic hydroxyl groups excluding tert-OH is 2. The molecule has 0 bridgehead atoms. The molecule has 7 atom stereocenters. The first-order valence-corrected chi connectivity index (χ1v) is 7.56. The Hall–Kier alpha value is -0.420. The summed E-state index contributed by atoms with van der Waals surface area (Å²) in [6.45, 7) is 8.89. The van der Waals surface area contributed by atoms with Gasteiger partial charge in [-0.3, -0.25) is 0 Å². The van der Waals surface area contributed by atoms with Crippen molar-refractivity contribution >= 4 is 0 Å². The van der Waals surface area contributed by atoms with E-state index in [1.807, 2.05) is 0 Å². The first-order valence-electron chi connectivity index (χ1n) is 7.56. The lowest BCUT2D eigenvalue weighted by Crippen LogP contribution is -2.50. The van der Waals surface area contributed by atoms with E-state index in [-0.39, 0.29) is 23.4 Å². The van der Waals surface area contributed by atoms with Gasteiger partial charge in [-0.2, -0.15) is 0 Å². The van der Waals surface area contributed by atoms with Gasteiger partial charge in [0.25, 0.3) is 0 Å². The molecule has 1 aliphatic heterocycles. The molecular weight excluding hydrogens is 256 g/mol. The lowest BCUT2D eigenvalue weighted by Gasteiger charge is -2.47. The molecular formula is C16H26O4. The van der Waals surface area contributed by atoms with Crippen LogP contribution in [0.1, 0.15) is 33.1 Å². The van der Waals surface area contributed by atoms with Crippen LogP contribution < -0.4 is 0 Å². The van der Waals surface area contributed by atoms with Crippen LogP contribution in [-0.4, -0.2) is 42.4 Å². The van der Waals surface area contributed by atoms with Crippen LogP contribution in [0.3, 0.4) is 0 Å². The SMILES string of the molecule is C=C1COC(OC)[C@@]12C[C@@H]1C[C@H](O)C[C@@H](C)C1(C)[C@H]2O. The summed E-state index contributed by atoms with van der Waals surface area (Å²) in [6, 6.07) is 0. The Morgan fingerprint density at radius 3 is 2.70 bits per heavy atom. The Balaban J connectivity index is 2.03. The number of ether oxygens (including phenoxy) is 2. The Morgan fingerprint density at radius 2 is 2.05 bits per heavy atom. The molecule has 0 aromatic carbocycles. The third-order valence-corrected chi connectivity index (χ3v) is 6.49. The van der Waals surface area contributed by atoms with Gasteiger partial charge >= 0.3 is 0 Å². The minimum atomic E-state index is -0.526. The fourth-order valence-electron chi connectivity index (χ4n) is 5.08. The first kappa shape index (κ1) is 14.5. The molecule has 2 unspecified atom stereocenters. The van der Waals surface area contributed by atoms with Gasteiger partial charge < -0.3 is 19.7 Å². The second kappa shape index (κ2) is 4.54. The molecule has 2 aliphatic carbocycles. The highest BCUT2D eigenvalue weighted by Crippen LogP contribution is 2.66. The second-order valence-corrected chi connectivity index (χ2v) is 7.22. The molecule has 2 N–H and O–H groups in total. The van der Waals surface area contributed by atoms with E-state index in [4.69, 9.17) is 9.47 Å². The fraction of sp³-hybridized carbons (Fsp3) is 0.875. The van der Waals surface area contributed by atoms with Crippen LogP contribution in [0.25, 0.3) is 0 Å². The normalized spacial score (nSPS) is 55.5. The van der Waals surface area contributed by atoms with Crippen LogP contribution in [0.4, 0.5) is 0 Å². The zero-order chi connectivity index (χ0) is 14.7. The molecule has 4 heteroatoms. The van der Waals surface area contributed by atoms with Crippen molar-refractivity contribution < 1.29 is 19.7 Å². The number of hydrogen-bond acceptors (Lipinski definition) is 4. The van der Waals surface area contributed by atoms with E-state index in [0.717, 1.165) is 24.8 Å². The number of hydrogen-bond donors (Lipinski definition) is 2. The highest BCUT2D eigenvalue weighted by Gasteiger charge is 2.68. The minimum absolute atomic E-state index is 0.202. The van der Waals surface area contributed by atoms with Crippen molar-refractivity contribution in [1.82, 2.24) is 0 Å². The molecule has 1 spiro atoms. The Morgan fingerprint density at radius 1 is 1.35 bits per heavy atom. The highest BCUT2D eigenvalue weighted by molar-refractivity contribution is 5.27. The van der Waals surface area contributed by atoms with Gasteiger partial charge in [0.15, 0.2) is 6.29 Å². The third-order valence-electron chi connectivity index (χ3n) is 6.49. The molecule has 4 nitrogen and oxygen atoms in total. The summed E-state index contributed by atoms with van der Waals surface area (Å²) in [5.41, 5.74) is 0.230. The standard InChI is InChI=1S/C16H26O4/c1-9-5-12(17)6-11-7-16(13(18)15(9,11)3)10(2)8-20-14(16)19-4/h9,11-14,17-18H,2,5-8H2,1,3-4H3/t9-,11+,12-,13-,14?,15?,16+/m1/s1. The Labute approximate surface area is 120 Å². The van der Waals surface area contributed by atoms with Crippen LogP contribution in [0.2, 0.25) is 0 Å². The molecule has 3 rings (SSSR count). The van der Waals surface area contributed by atoms with Crippen molar-refractivity contribution in [2.75, 3.05) is 13.7 Å². The molecule has 0 amide bonds. The van der Waals surface area contributed by atoms with Crippen LogP contribution in [-0.2, 0) is 9.47 Å². The minimum Gasteiger partial charge on any atom is -0.393 e. The average Bonchev–Trinajstić information content (AvgIpc) is 2.82. The van der Waals surface area contributed by atoms with E-state index >= 15 is 0 Å². The van der Waals surface area contributed by atoms with Gasteiger partial charge in [-0.15, -0.1) is 0 Å². The summed E-state index contributed by atoms with van der Waals surface area (Å²) in [6.07, 6.45) is 1.10. The van der Waals surface area contributed by atoms with Gasteiger partial charge in [-0.1, -0.05) is 20.4 Å². The molecule has 2 saturated carbocycles. The average molecular weight is 282 g/mol. The van der Waals surface area contributed by atoms with Gasteiger partial charge in [0.1, 0.15) is 0 Å². The lowest BCUT2D eigenvalue weighted by atomic mass is 9.61. The van der Waals surface area contributed by atoms with Crippen molar-refractivity contribution in [2.45, 2.75) is 51.6 Å². The Kier molecular flexibility index (Phi) is 3.29. The topological polar surface area (TPSA) is 58.9 Å². The van der Waals surface area contributed by atoms with E-state index in [1.165, 1.54) is 0 Å². The molecule has 20 heavy (non-hydrogen) atoms. The summed E-state index contributed by atoms with van der Waals surface area (Å²) in [5, 5.41) is 21.2. The monoisotopic (exact) mass is 282 g/mol. The molecule has 3 fully saturated rings. The predicted octanol–water partition coefficient (Wildman–Crippen LogP) is 1.71. The van der Waals surface area contributed by atoms with Crippen LogP contribution in [0.15, 0.2) is 12.2 Å². The number of methoxy groups -OCH3 is 1. The maximum Gasteiger partial charge on any atom is 0.169 e. The summed E-state index contributed by atoms with van der Waals surface area (Å²) >= 11 is 0. The smallest absolute Gasteiger partial charge is 0.169 e. The van der Waals surface area contributed by atoms with Gasteiger partial charge in [0.2, 0.25) is 0 Å². The highest BCUT2D eigenvalue weighted by atomic mass is 16.7.